The number of rotatable bonds is 2. The largest absolute Gasteiger partial charge is 0.490 e. The van der Waals surface area contributed by atoms with E-state index >= 15 is 0 Å². The summed E-state index contributed by atoms with van der Waals surface area (Å²) in [5.41, 5.74) is 4.98. The molecule has 2 aliphatic rings. The van der Waals surface area contributed by atoms with Crippen molar-refractivity contribution in [2.24, 2.45) is 5.73 Å². The van der Waals surface area contributed by atoms with Crippen molar-refractivity contribution in [2.45, 2.75) is 50.1 Å². The van der Waals surface area contributed by atoms with Gasteiger partial charge in [0.05, 0.1) is 18.8 Å². The monoisotopic (exact) mass is 329 g/mol. The first-order chi connectivity index (χ1) is 11.0. The zero-order valence-corrected chi connectivity index (χ0v) is 13.0. The number of benzene rings is 1. The molecule has 128 valence electrons. The van der Waals surface area contributed by atoms with Crippen molar-refractivity contribution in [1.29, 1.82) is 0 Å². The fourth-order valence-electron chi connectivity index (χ4n) is 3.69. The molecule has 1 aliphatic heterocycles. The van der Waals surface area contributed by atoms with E-state index in [-0.39, 0.29) is 17.9 Å². The van der Waals surface area contributed by atoms with Crippen LogP contribution in [0.3, 0.4) is 0 Å². The van der Waals surface area contributed by atoms with Gasteiger partial charge >= 0.3 is 6.18 Å². The molecule has 3 nitrogen and oxygen atoms in total. The summed E-state index contributed by atoms with van der Waals surface area (Å²) in [5.74, 6) is 0.588. The predicted octanol–water partition coefficient (Wildman–Crippen LogP) is 4.03. The van der Waals surface area contributed by atoms with Gasteiger partial charge in [0.1, 0.15) is 0 Å². The highest BCUT2D eigenvalue weighted by Gasteiger charge is 2.43. The van der Waals surface area contributed by atoms with Crippen LogP contribution < -0.4 is 15.2 Å². The number of nitrogens with two attached hydrogens (primary N) is 1. The summed E-state index contributed by atoms with van der Waals surface area (Å²) < 4.78 is 52.0. The number of hydrogen-bond acceptors (Lipinski definition) is 3. The summed E-state index contributed by atoms with van der Waals surface area (Å²) in [6, 6.07) is 2.63. The van der Waals surface area contributed by atoms with Gasteiger partial charge in [-0.1, -0.05) is 19.3 Å². The maximum Gasteiger partial charge on any atom is 0.416 e. The molecule has 6 heteroatoms. The van der Waals surface area contributed by atoms with Crippen LogP contribution in [0.1, 0.15) is 49.7 Å². The summed E-state index contributed by atoms with van der Waals surface area (Å²) in [6.07, 6.45) is 0.463. The lowest BCUT2D eigenvalue weighted by molar-refractivity contribution is -0.139. The summed E-state index contributed by atoms with van der Waals surface area (Å²) in [6.45, 7) is 1.04. The Kier molecular flexibility index (Phi) is 4.45. The maximum absolute atomic E-state index is 13.6. The molecule has 1 saturated carbocycles. The van der Waals surface area contributed by atoms with Gasteiger partial charge in [-0.15, -0.1) is 0 Å². The van der Waals surface area contributed by atoms with Crippen molar-refractivity contribution in [3.63, 3.8) is 0 Å². The van der Waals surface area contributed by atoms with E-state index in [4.69, 9.17) is 15.2 Å². The highest BCUT2D eigenvalue weighted by atomic mass is 19.4. The van der Waals surface area contributed by atoms with E-state index in [1.54, 1.807) is 0 Å². The van der Waals surface area contributed by atoms with E-state index in [0.29, 0.717) is 38.2 Å². The predicted molar refractivity (Wildman–Crippen MR) is 80.9 cm³/mol. The SMILES string of the molecule is NCC1(c2cc3c(cc2C(F)(F)F)OCCCO3)CCCCC1. The van der Waals surface area contributed by atoms with Gasteiger partial charge in [0.2, 0.25) is 0 Å². The van der Waals surface area contributed by atoms with Gasteiger partial charge in [-0.3, -0.25) is 0 Å². The van der Waals surface area contributed by atoms with Crippen LogP contribution in [0.5, 0.6) is 11.5 Å². The fraction of sp³-hybridized carbons (Fsp3) is 0.647. The Labute approximate surface area is 133 Å². The summed E-state index contributed by atoms with van der Waals surface area (Å²) >= 11 is 0. The van der Waals surface area contributed by atoms with E-state index in [9.17, 15) is 13.2 Å². The minimum atomic E-state index is -4.43. The molecular weight excluding hydrogens is 307 g/mol. The van der Waals surface area contributed by atoms with Gasteiger partial charge in [0.15, 0.2) is 11.5 Å². The number of alkyl halides is 3. The second-order valence-corrected chi connectivity index (χ2v) is 6.44. The molecule has 2 N–H and O–H groups in total. The first kappa shape index (κ1) is 16.4. The van der Waals surface area contributed by atoms with E-state index in [2.05, 4.69) is 0 Å². The van der Waals surface area contributed by atoms with Gasteiger partial charge in [0, 0.05) is 18.4 Å². The highest BCUT2D eigenvalue weighted by Crippen LogP contribution is 2.48. The summed E-state index contributed by atoms with van der Waals surface area (Å²) in [4.78, 5) is 0. The molecule has 0 atom stereocenters. The lowest BCUT2D eigenvalue weighted by Crippen LogP contribution is -2.39. The molecule has 0 amide bonds. The number of ether oxygens (including phenoxy) is 2. The Morgan fingerprint density at radius 1 is 0.957 bits per heavy atom. The Morgan fingerprint density at radius 2 is 1.57 bits per heavy atom. The van der Waals surface area contributed by atoms with Gasteiger partial charge in [-0.05, 0) is 30.5 Å². The van der Waals surface area contributed by atoms with Crippen LogP contribution in [-0.2, 0) is 11.6 Å². The molecule has 0 aromatic heterocycles. The topological polar surface area (TPSA) is 44.5 Å². The number of halogens is 3. The Bertz CT molecular complexity index is 566. The number of fused-ring (bicyclic) bond motifs is 1. The molecule has 3 rings (SSSR count). The van der Waals surface area contributed by atoms with E-state index < -0.39 is 17.2 Å². The van der Waals surface area contributed by atoms with E-state index in [0.717, 1.165) is 25.3 Å². The first-order valence-electron chi connectivity index (χ1n) is 8.18. The van der Waals surface area contributed by atoms with Crippen molar-refractivity contribution in [1.82, 2.24) is 0 Å². The van der Waals surface area contributed by atoms with Gasteiger partial charge < -0.3 is 15.2 Å². The van der Waals surface area contributed by atoms with Crippen LogP contribution in [0.25, 0.3) is 0 Å². The van der Waals surface area contributed by atoms with E-state index in [1.165, 1.54) is 6.07 Å². The van der Waals surface area contributed by atoms with Crippen LogP contribution in [0.2, 0.25) is 0 Å². The van der Waals surface area contributed by atoms with Crippen LogP contribution in [0.4, 0.5) is 13.2 Å². The van der Waals surface area contributed by atoms with E-state index in [1.807, 2.05) is 0 Å². The normalized spacial score (nSPS) is 20.9. The lowest BCUT2D eigenvalue weighted by atomic mass is 9.68. The molecule has 1 aromatic rings. The Hall–Kier alpha value is -1.43. The zero-order valence-electron chi connectivity index (χ0n) is 13.0. The standard InChI is InChI=1S/C17H22F3NO2/c18-17(19,20)13-10-15-14(22-7-4-8-23-15)9-12(13)16(11-21)5-2-1-3-6-16/h9-10H,1-8,11,21H2. The molecule has 0 saturated heterocycles. The molecule has 1 heterocycles. The Balaban J connectivity index is 2.15. The number of hydrogen-bond donors (Lipinski definition) is 1. The van der Waals surface area contributed by atoms with Crippen molar-refractivity contribution >= 4 is 0 Å². The molecule has 0 spiro atoms. The second kappa shape index (κ2) is 6.23. The first-order valence-corrected chi connectivity index (χ1v) is 8.18. The molecule has 0 unspecified atom stereocenters. The van der Waals surface area contributed by atoms with Crippen molar-refractivity contribution in [3.05, 3.63) is 23.3 Å². The molecule has 1 aromatic carbocycles. The average Bonchev–Trinajstić information content (AvgIpc) is 2.78. The summed E-state index contributed by atoms with van der Waals surface area (Å²) in [7, 11) is 0. The van der Waals surface area contributed by atoms with Gasteiger partial charge in [-0.2, -0.15) is 13.2 Å². The lowest BCUT2D eigenvalue weighted by Gasteiger charge is -2.38. The Morgan fingerprint density at radius 3 is 2.13 bits per heavy atom. The molecule has 1 aliphatic carbocycles. The smallest absolute Gasteiger partial charge is 0.416 e. The molecular formula is C17H22F3NO2. The third-order valence-corrected chi connectivity index (χ3v) is 4.97. The zero-order chi connectivity index (χ0) is 16.5. The van der Waals surface area contributed by atoms with Gasteiger partial charge in [-0.25, -0.2) is 0 Å². The highest BCUT2D eigenvalue weighted by molar-refractivity contribution is 5.51. The molecule has 0 bridgehead atoms. The van der Waals surface area contributed by atoms with Crippen LogP contribution in [0.15, 0.2) is 12.1 Å². The second-order valence-electron chi connectivity index (χ2n) is 6.44. The minimum Gasteiger partial charge on any atom is -0.490 e. The molecule has 23 heavy (non-hydrogen) atoms. The molecule has 1 fully saturated rings. The van der Waals surface area contributed by atoms with Crippen molar-refractivity contribution in [2.75, 3.05) is 19.8 Å². The fourth-order valence-corrected chi connectivity index (χ4v) is 3.69. The third kappa shape index (κ3) is 3.13. The third-order valence-electron chi connectivity index (χ3n) is 4.97. The maximum atomic E-state index is 13.6. The van der Waals surface area contributed by atoms with Crippen LogP contribution in [0, 0.1) is 0 Å². The average molecular weight is 329 g/mol. The quantitative estimate of drug-likeness (QED) is 0.891. The van der Waals surface area contributed by atoms with Crippen molar-refractivity contribution < 1.29 is 22.6 Å². The van der Waals surface area contributed by atoms with Crippen molar-refractivity contribution in [3.8, 4) is 11.5 Å². The summed E-state index contributed by atoms with van der Waals surface area (Å²) in [5, 5.41) is 0. The van der Waals surface area contributed by atoms with Crippen LogP contribution >= 0.6 is 0 Å². The van der Waals surface area contributed by atoms with Crippen LogP contribution in [-0.4, -0.2) is 19.8 Å². The van der Waals surface area contributed by atoms with Gasteiger partial charge in [0.25, 0.3) is 0 Å². The molecule has 0 radical (unpaired) electrons. The minimum absolute atomic E-state index is 0.182.